The molecule has 1 aromatic heterocycles. The Bertz CT molecular complexity index is 268. The molecule has 0 radical (unpaired) electrons. The van der Waals surface area contributed by atoms with Crippen molar-refractivity contribution in [2.45, 2.75) is 32.2 Å². The first kappa shape index (κ1) is 11.6. The number of piperidine rings is 1. The second kappa shape index (κ2) is 6.66. The summed E-state index contributed by atoms with van der Waals surface area (Å²) in [6.45, 7) is 5.69. The highest BCUT2D eigenvalue weighted by molar-refractivity contribution is 4.93. The van der Waals surface area contributed by atoms with Gasteiger partial charge in [-0.05, 0) is 45.4 Å². The SMILES string of the molecule is c1cc(CNCCCN2CCCCC2)no1. The molecule has 2 heterocycles. The quantitative estimate of drug-likeness (QED) is 0.744. The molecule has 1 fully saturated rings. The van der Waals surface area contributed by atoms with Gasteiger partial charge in [0.15, 0.2) is 0 Å². The fraction of sp³-hybridized carbons (Fsp3) is 0.750. The van der Waals surface area contributed by atoms with Crippen LogP contribution in [0.1, 0.15) is 31.4 Å². The number of hydrogen-bond acceptors (Lipinski definition) is 4. The van der Waals surface area contributed by atoms with Crippen LogP contribution in [0, 0.1) is 0 Å². The van der Waals surface area contributed by atoms with Crippen molar-refractivity contribution in [2.24, 2.45) is 0 Å². The Labute approximate surface area is 97.0 Å². The Hall–Kier alpha value is -0.870. The summed E-state index contributed by atoms with van der Waals surface area (Å²) < 4.78 is 4.77. The van der Waals surface area contributed by atoms with Crippen LogP contribution in [0.3, 0.4) is 0 Å². The Balaban J connectivity index is 1.48. The number of rotatable bonds is 6. The molecular formula is C12H21N3O. The number of nitrogens with one attached hydrogen (secondary N) is 1. The van der Waals surface area contributed by atoms with Gasteiger partial charge in [0, 0.05) is 12.6 Å². The van der Waals surface area contributed by atoms with E-state index in [2.05, 4.69) is 15.4 Å². The highest BCUT2D eigenvalue weighted by atomic mass is 16.5. The van der Waals surface area contributed by atoms with E-state index in [-0.39, 0.29) is 0 Å². The van der Waals surface area contributed by atoms with Gasteiger partial charge in [-0.2, -0.15) is 0 Å². The van der Waals surface area contributed by atoms with Crippen LogP contribution in [-0.2, 0) is 6.54 Å². The molecule has 0 amide bonds. The predicted octanol–water partition coefficient (Wildman–Crippen LogP) is 1.64. The molecule has 0 atom stereocenters. The first-order valence-corrected chi connectivity index (χ1v) is 6.27. The standard InChI is InChI=1S/C12H21N3O/c1-2-7-15(8-3-1)9-4-6-13-11-12-5-10-16-14-12/h5,10,13H,1-4,6-9,11H2. The molecule has 0 aromatic carbocycles. The third-order valence-corrected chi connectivity index (χ3v) is 3.07. The average molecular weight is 223 g/mol. The number of aromatic nitrogens is 1. The number of nitrogens with zero attached hydrogens (tertiary/aromatic N) is 2. The summed E-state index contributed by atoms with van der Waals surface area (Å²) >= 11 is 0. The van der Waals surface area contributed by atoms with Crippen LogP contribution in [0.25, 0.3) is 0 Å². The van der Waals surface area contributed by atoms with E-state index in [0.29, 0.717) is 0 Å². The monoisotopic (exact) mass is 223 g/mol. The summed E-state index contributed by atoms with van der Waals surface area (Å²) in [4.78, 5) is 2.57. The van der Waals surface area contributed by atoms with Crippen molar-refractivity contribution in [3.63, 3.8) is 0 Å². The average Bonchev–Trinajstić information content (AvgIpc) is 2.83. The lowest BCUT2D eigenvalue weighted by Crippen LogP contribution is -2.32. The van der Waals surface area contributed by atoms with Gasteiger partial charge in [-0.1, -0.05) is 11.6 Å². The zero-order valence-corrected chi connectivity index (χ0v) is 9.82. The smallest absolute Gasteiger partial charge is 0.124 e. The van der Waals surface area contributed by atoms with Crippen molar-refractivity contribution in [3.05, 3.63) is 18.0 Å². The van der Waals surface area contributed by atoms with Gasteiger partial charge >= 0.3 is 0 Å². The second-order valence-corrected chi connectivity index (χ2v) is 4.42. The molecule has 1 aliphatic rings. The fourth-order valence-electron chi connectivity index (χ4n) is 2.16. The van der Waals surface area contributed by atoms with Gasteiger partial charge < -0.3 is 14.7 Å². The zero-order valence-electron chi connectivity index (χ0n) is 9.82. The van der Waals surface area contributed by atoms with E-state index in [0.717, 1.165) is 18.8 Å². The van der Waals surface area contributed by atoms with Crippen molar-refractivity contribution in [2.75, 3.05) is 26.2 Å². The summed E-state index contributed by atoms with van der Waals surface area (Å²) in [6, 6.07) is 1.90. The van der Waals surface area contributed by atoms with Crippen LogP contribution in [0.4, 0.5) is 0 Å². The van der Waals surface area contributed by atoms with Crippen LogP contribution in [0.5, 0.6) is 0 Å². The second-order valence-electron chi connectivity index (χ2n) is 4.42. The fourth-order valence-corrected chi connectivity index (χ4v) is 2.16. The highest BCUT2D eigenvalue weighted by Gasteiger charge is 2.08. The van der Waals surface area contributed by atoms with E-state index in [1.54, 1.807) is 6.26 Å². The lowest BCUT2D eigenvalue weighted by Gasteiger charge is -2.26. The van der Waals surface area contributed by atoms with E-state index < -0.39 is 0 Å². The molecule has 0 spiro atoms. The van der Waals surface area contributed by atoms with E-state index in [9.17, 15) is 0 Å². The van der Waals surface area contributed by atoms with Crippen molar-refractivity contribution < 1.29 is 4.52 Å². The third-order valence-electron chi connectivity index (χ3n) is 3.07. The molecule has 0 aliphatic carbocycles. The molecule has 1 aliphatic heterocycles. The van der Waals surface area contributed by atoms with Crippen molar-refractivity contribution in [1.82, 2.24) is 15.4 Å². The Morgan fingerprint density at radius 2 is 2.19 bits per heavy atom. The van der Waals surface area contributed by atoms with Gasteiger partial charge in [0.05, 0.1) is 5.69 Å². The van der Waals surface area contributed by atoms with Crippen molar-refractivity contribution >= 4 is 0 Å². The molecule has 4 nitrogen and oxygen atoms in total. The van der Waals surface area contributed by atoms with Crippen LogP contribution < -0.4 is 5.32 Å². The van der Waals surface area contributed by atoms with Crippen LogP contribution in [0.15, 0.2) is 16.9 Å². The molecule has 4 heteroatoms. The zero-order chi connectivity index (χ0) is 11.1. The maximum absolute atomic E-state index is 4.77. The topological polar surface area (TPSA) is 41.3 Å². The molecular weight excluding hydrogens is 202 g/mol. The van der Waals surface area contributed by atoms with E-state index in [1.807, 2.05) is 6.07 Å². The Morgan fingerprint density at radius 1 is 1.31 bits per heavy atom. The first-order chi connectivity index (χ1) is 7.95. The Morgan fingerprint density at radius 3 is 2.94 bits per heavy atom. The minimum atomic E-state index is 0.816. The van der Waals surface area contributed by atoms with Gasteiger partial charge in [-0.25, -0.2) is 0 Å². The molecule has 2 rings (SSSR count). The molecule has 0 bridgehead atoms. The number of likely N-dealkylation sites (tertiary alicyclic amines) is 1. The van der Waals surface area contributed by atoms with Gasteiger partial charge in [0.25, 0.3) is 0 Å². The van der Waals surface area contributed by atoms with Crippen molar-refractivity contribution in [1.29, 1.82) is 0 Å². The first-order valence-electron chi connectivity index (χ1n) is 6.27. The number of hydrogen-bond donors (Lipinski definition) is 1. The molecule has 0 unspecified atom stereocenters. The highest BCUT2D eigenvalue weighted by Crippen LogP contribution is 2.08. The van der Waals surface area contributed by atoms with Gasteiger partial charge in [-0.3, -0.25) is 0 Å². The van der Waals surface area contributed by atoms with E-state index >= 15 is 0 Å². The lowest BCUT2D eigenvalue weighted by atomic mass is 10.1. The lowest BCUT2D eigenvalue weighted by molar-refractivity contribution is 0.225. The van der Waals surface area contributed by atoms with Gasteiger partial charge in [-0.15, -0.1) is 0 Å². The third kappa shape index (κ3) is 3.94. The summed E-state index contributed by atoms with van der Waals surface area (Å²) in [7, 11) is 0. The minimum absolute atomic E-state index is 0.816. The summed E-state index contributed by atoms with van der Waals surface area (Å²) in [5, 5.41) is 7.23. The molecule has 90 valence electrons. The maximum Gasteiger partial charge on any atom is 0.124 e. The largest absolute Gasteiger partial charge is 0.364 e. The van der Waals surface area contributed by atoms with E-state index in [4.69, 9.17) is 4.52 Å². The molecule has 16 heavy (non-hydrogen) atoms. The molecule has 0 saturated carbocycles. The summed E-state index contributed by atoms with van der Waals surface area (Å²) in [5.74, 6) is 0. The van der Waals surface area contributed by atoms with Crippen LogP contribution in [-0.4, -0.2) is 36.2 Å². The van der Waals surface area contributed by atoms with E-state index in [1.165, 1.54) is 45.3 Å². The normalized spacial score (nSPS) is 17.8. The predicted molar refractivity (Wildman–Crippen MR) is 63.1 cm³/mol. The van der Waals surface area contributed by atoms with Gasteiger partial charge in [0.1, 0.15) is 6.26 Å². The summed E-state index contributed by atoms with van der Waals surface area (Å²) in [6.07, 6.45) is 7.02. The summed E-state index contributed by atoms with van der Waals surface area (Å²) in [5.41, 5.74) is 0.984. The molecule has 1 aromatic rings. The minimum Gasteiger partial charge on any atom is -0.364 e. The molecule has 1 N–H and O–H groups in total. The van der Waals surface area contributed by atoms with Crippen LogP contribution >= 0.6 is 0 Å². The van der Waals surface area contributed by atoms with Crippen LogP contribution in [0.2, 0.25) is 0 Å². The van der Waals surface area contributed by atoms with Crippen molar-refractivity contribution in [3.8, 4) is 0 Å². The molecule has 1 saturated heterocycles. The Kier molecular flexibility index (Phi) is 4.83. The van der Waals surface area contributed by atoms with Gasteiger partial charge in [0.2, 0.25) is 0 Å². The maximum atomic E-state index is 4.77.